The van der Waals surface area contributed by atoms with E-state index in [4.69, 9.17) is 37.4 Å². The summed E-state index contributed by atoms with van der Waals surface area (Å²) in [4.78, 5) is 8.45. The second-order valence-corrected chi connectivity index (χ2v) is 7.89. The molecule has 0 bridgehead atoms. The number of halogens is 2. The van der Waals surface area contributed by atoms with Crippen molar-refractivity contribution in [2.45, 2.75) is 43.8 Å². The molecular weight excluding hydrogens is 401 g/mol. The summed E-state index contributed by atoms with van der Waals surface area (Å²) in [5.74, 6) is 1.02. The topological polar surface area (TPSA) is 58.4 Å². The smallest absolute Gasteiger partial charge is 0.225 e. The Hall–Kier alpha value is -1.86. The summed E-state index contributed by atoms with van der Waals surface area (Å²) in [6.07, 6.45) is 2.43. The Morgan fingerprint density at radius 3 is 2.79 bits per heavy atom. The highest BCUT2D eigenvalue weighted by molar-refractivity contribution is 6.35. The molecule has 0 spiro atoms. The van der Waals surface area contributed by atoms with Gasteiger partial charge in [0.15, 0.2) is 6.29 Å². The number of benzene rings is 1. The van der Waals surface area contributed by atoms with Crippen molar-refractivity contribution in [1.29, 1.82) is 0 Å². The Balaban J connectivity index is 1.57. The van der Waals surface area contributed by atoms with Gasteiger partial charge in [-0.1, -0.05) is 23.7 Å². The second-order valence-electron chi connectivity index (χ2n) is 7.20. The van der Waals surface area contributed by atoms with E-state index in [1.165, 1.54) is 5.56 Å². The third kappa shape index (κ3) is 2.87. The maximum Gasteiger partial charge on any atom is 0.225 e. The number of hydrogen-bond donors (Lipinski definition) is 0. The predicted molar refractivity (Wildman–Crippen MR) is 106 cm³/mol. The second kappa shape index (κ2) is 6.88. The van der Waals surface area contributed by atoms with E-state index in [9.17, 15) is 0 Å². The van der Waals surface area contributed by atoms with Crippen molar-refractivity contribution in [3.63, 3.8) is 0 Å². The SMILES string of the molecule is COc1cccc([C@H]2C[C@@H](n3ccc4c(Cl)nc(Cl)nc43)[C@@H]3OC(C)O[C@@H]32)c1. The van der Waals surface area contributed by atoms with Crippen molar-refractivity contribution in [2.75, 3.05) is 7.11 Å². The van der Waals surface area contributed by atoms with Gasteiger partial charge in [0.2, 0.25) is 5.28 Å². The summed E-state index contributed by atoms with van der Waals surface area (Å²) in [6, 6.07) is 10.1. The fourth-order valence-corrected chi connectivity index (χ4v) is 4.94. The number of nitrogens with zero attached hydrogens (tertiary/aromatic N) is 3. The van der Waals surface area contributed by atoms with Gasteiger partial charge in [-0.15, -0.1) is 0 Å². The predicted octanol–water partition coefficient (Wildman–Crippen LogP) is 4.61. The molecule has 1 unspecified atom stereocenters. The molecule has 3 heterocycles. The lowest BCUT2D eigenvalue weighted by molar-refractivity contribution is -0.0663. The van der Waals surface area contributed by atoms with Gasteiger partial charge in [-0.25, -0.2) is 4.98 Å². The van der Waals surface area contributed by atoms with E-state index in [1.54, 1.807) is 7.11 Å². The first kappa shape index (κ1) is 18.2. The average molecular weight is 420 g/mol. The lowest BCUT2D eigenvalue weighted by Gasteiger charge is -2.20. The van der Waals surface area contributed by atoms with E-state index in [2.05, 4.69) is 26.7 Å². The van der Waals surface area contributed by atoms with Crippen LogP contribution in [0.1, 0.15) is 30.9 Å². The molecule has 146 valence electrons. The standard InChI is InChI=1S/C20H19Cl2N3O3/c1-10-27-16-14(11-4-3-5-12(8-11)26-2)9-15(17(16)28-10)25-7-6-13-18(21)23-20(22)24-19(13)25/h3-8,10,14-17H,9H2,1-2H3/t10?,14-,15-,16-,17+/m1/s1. The number of aromatic nitrogens is 3. The summed E-state index contributed by atoms with van der Waals surface area (Å²) >= 11 is 12.3. The number of ether oxygens (including phenoxy) is 3. The number of fused-ring (bicyclic) bond motifs is 2. The molecule has 1 saturated carbocycles. The minimum atomic E-state index is -0.255. The number of methoxy groups -OCH3 is 1. The molecule has 5 rings (SSSR count). The van der Waals surface area contributed by atoms with Crippen LogP contribution in [0.5, 0.6) is 5.75 Å². The molecule has 0 N–H and O–H groups in total. The Bertz CT molecular complexity index is 1040. The first-order valence-electron chi connectivity index (χ1n) is 9.19. The van der Waals surface area contributed by atoms with E-state index in [0.717, 1.165) is 17.6 Å². The highest BCUT2D eigenvalue weighted by atomic mass is 35.5. The monoisotopic (exact) mass is 419 g/mol. The van der Waals surface area contributed by atoms with E-state index < -0.39 is 0 Å². The van der Waals surface area contributed by atoms with Crippen LogP contribution >= 0.6 is 23.2 Å². The molecule has 3 aromatic rings. The third-order valence-corrected chi connectivity index (χ3v) is 6.13. The van der Waals surface area contributed by atoms with Crippen molar-refractivity contribution >= 4 is 34.2 Å². The maximum absolute atomic E-state index is 6.26. The molecule has 1 aromatic carbocycles. The zero-order chi connectivity index (χ0) is 19.4. The fourth-order valence-electron chi connectivity index (χ4n) is 4.50. The Kier molecular flexibility index (Phi) is 4.47. The first-order chi connectivity index (χ1) is 13.5. The molecule has 2 fully saturated rings. The highest BCUT2D eigenvalue weighted by Crippen LogP contribution is 2.49. The fraction of sp³-hybridized carbons (Fsp3) is 0.400. The van der Waals surface area contributed by atoms with Crippen LogP contribution in [0.2, 0.25) is 10.4 Å². The highest BCUT2D eigenvalue weighted by Gasteiger charge is 2.51. The van der Waals surface area contributed by atoms with Gasteiger partial charge in [0.25, 0.3) is 0 Å². The van der Waals surface area contributed by atoms with Crippen molar-refractivity contribution < 1.29 is 14.2 Å². The molecule has 6 nitrogen and oxygen atoms in total. The van der Waals surface area contributed by atoms with Crippen LogP contribution in [0.25, 0.3) is 11.0 Å². The third-order valence-electron chi connectivity index (χ3n) is 5.67. The summed E-state index contributed by atoms with van der Waals surface area (Å²) in [7, 11) is 1.68. The first-order valence-corrected chi connectivity index (χ1v) is 9.95. The van der Waals surface area contributed by atoms with Crippen LogP contribution in [0.4, 0.5) is 0 Å². The minimum Gasteiger partial charge on any atom is -0.497 e. The molecule has 2 aromatic heterocycles. The van der Waals surface area contributed by atoms with Gasteiger partial charge in [-0.3, -0.25) is 0 Å². The van der Waals surface area contributed by atoms with E-state index in [1.807, 2.05) is 31.3 Å². The van der Waals surface area contributed by atoms with Crippen molar-refractivity contribution in [1.82, 2.24) is 14.5 Å². The van der Waals surface area contributed by atoms with Gasteiger partial charge >= 0.3 is 0 Å². The normalized spacial score (nSPS) is 29.4. The lowest BCUT2D eigenvalue weighted by atomic mass is 9.95. The Morgan fingerprint density at radius 1 is 1.14 bits per heavy atom. The minimum absolute atomic E-state index is 0.0441. The van der Waals surface area contributed by atoms with Crippen LogP contribution in [0, 0.1) is 0 Å². The van der Waals surface area contributed by atoms with Crippen molar-refractivity contribution in [3.05, 3.63) is 52.5 Å². The van der Waals surface area contributed by atoms with Gasteiger partial charge in [-0.05, 0) is 48.7 Å². The van der Waals surface area contributed by atoms with E-state index in [0.29, 0.717) is 10.8 Å². The van der Waals surface area contributed by atoms with Crippen LogP contribution in [-0.2, 0) is 9.47 Å². The number of hydrogen-bond acceptors (Lipinski definition) is 5. The van der Waals surface area contributed by atoms with Gasteiger partial charge in [0.1, 0.15) is 22.7 Å². The largest absolute Gasteiger partial charge is 0.497 e. The molecule has 1 saturated heterocycles. The molecule has 2 aliphatic rings. The number of rotatable bonds is 3. The van der Waals surface area contributed by atoms with Crippen LogP contribution in [0.3, 0.4) is 0 Å². The van der Waals surface area contributed by atoms with Gasteiger partial charge in [0, 0.05) is 12.1 Å². The van der Waals surface area contributed by atoms with Gasteiger partial charge < -0.3 is 18.8 Å². The van der Waals surface area contributed by atoms with Crippen LogP contribution in [0.15, 0.2) is 36.5 Å². The molecule has 0 amide bonds. The zero-order valence-corrected chi connectivity index (χ0v) is 16.9. The van der Waals surface area contributed by atoms with Gasteiger partial charge in [-0.2, -0.15) is 4.98 Å². The maximum atomic E-state index is 6.26. The molecule has 1 aliphatic carbocycles. The average Bonchev–Trinajstić information content (AvgIpc) is 3.34. The van der Waals surface area contributed by atoms with Crippen molar-refractivity contribution in [2.24, 2.45) is 0 Å². The molecule has 5 atom stereocenters. The van der Waals surface area contributed by atoms with Crippen LogP contribution in [-0.4, -0.2) is 40.1 Å². The Labute approximate surface area is 172 Å². The molecular formula is C20H19Cl2N3O3. The molecule has 28 heavy (non-hydrogen) atoms. The summed E-state index contributed by atoms with van der Waals surface area (Å²) < 4.78 is 19.8. The summed E-state index contributed by atoms with van der Waals surface area (Å²) in [5.41, 5.74) is 1.89. The van der Waals surface area contributed by atoms with Crippen molar-refractivity contribution in [3.8, 4) is 5.75 Å². The zero-order valence-electron chi connectivity index (χ0n) is 15.4. The molecule has 1 aliphatic heterocycles. The lowest BCUT2D eigenvalue weighted by Crippen LogP contribution is -2.26. The van der Waals surface area contributed by atoms with Gasteiger partial charge in [0.05, 0.1) is 24.6 Å². The molecule has 0 radical (unpaired) electrons. The van der Waals surface area contributed by atoms with Crippen LogP contribution < -0.4 is 4.74 Å². The summed E-state index contributed by atoms with van der Waals surface area (Å²) in [6.45, 7) is 1.93. The summed E-state index contributed by atoms with van der Waals surface area (Å²) in [5, 5.41) is 1.26. The molecule has 8 heteroatoms. The quantitative estimate of drug-likeness (QED) is 0.458. The van der Waals surface area contributed by atoms with E-state index in [-0.39, 0.29) is 35.7 Å². The van der Waals surface area contributed by atoms with E-state index >= 15 is 0 Å². The Morgan fingerprint density at radius 2 is 1.96 bits per heavy atom.